The summed E-state index contributed by atoms with van der Waals surface area (Å²) in [6, 6.07) is 12.0. The van der Waals surface area contributed by atoms with Crippen LogP contribution in [0.3, 0.4) is 0 Å². The zero-order valence-electron chi connectivity index (χ0n) is 16.6. The predicted octanol–water partition coefficient (Wildman–Crippen LogP) is 3.26. The van der Waals surface area contributed by atoms with Crippen LogP contribution < -0.4 is 16.9 Å². The molecule has 0 radical (unpaired) electrons. The van der Waals surface area contributed by atoms with Gasteiger partial charge in [-0.3, -0.25) is 23.1 Å². The van der Waals surface area contributed by atoms with Crippen LogP contribution in [0.2, 0.25) is 15.1 Å². The molecule has 0 bridgehead atoms. The van der Waals surface area contributed by atoms with Gasteiger partial charge in [-0.1, -0.05) is 59.1 Å². The van der Waals surface area contributed by atoms with E-state index >= 15 is 0 Å². The lowest BCUT2D eigenvalue weighted by molar-refractivity contribution is 0.677. The molecule has 0 atom stereocenters. The maximum atomic E-state index is 13.5. The fourth-order valence-corrected chi connectivity index (χ4v) is 4.26. The lowest BCUT2D eigenvalue weighted by atomic mass is 10.2. The van der Waals surface area contributed by atoms with Gasteiger partial charge in [0, 0.05) is 29.2 Å². The summed E-state index contributed by atoms with van der Waals surface area (Å²) < 4.78 is 4.96. The molecule has 0 aliphatic carbocycles. The highest BCUT2D eigenvalue weighted by Gasteiger charge is 2.22. The Morgan fingerprint density at radius 2 is 1.39 bits per heavy atom. The quantitative estimate of drug-likeness (QED) is 0.451. The Bertz CT molecular complexity index is 1510. The third-order valence-electron chi connectivity index (χ3n) is 5.23. The largest absolute Gasteiger partial charge is 0.332 e. The molecule has 0 unspecified atom stereocenters. The van der Waals surface area contributed by atoms with Gasteiger partial charge in [0.25, 0.3) is 5.56 Å². The van der Waals surface area contributed by atoms with Gasteiger partial charge in [0.2, 0.25) is 0 Å². The van der Waals surface area contributed by atoms with Crippen LogP contribution in [0, 0.1) is 0 Å². The minimum Gasteiger partial charge on any atom is -0.281 e. The van der Waals surface area contributed by atoms with Crippen LogP contribution in [0.25, 0.3) is 11.2 Å². The van der Waals surface area contributed by atoms with Gasteiger partial charge in [-0.2, -0.15) is 0 Å². The number of halogens is 3. The van der Waals surface area contributed by atoms with Crippen molar-refractivity contribution >= 4 is 46.0 Å². The number of imidazole rings is 1. The molecule has 4 aromatic rings. The molecule has 2 aromatic heterocycles. The highest BCUT2D eigenvalue weighted by molar-refractivity contribution is 6.35. The molecule has 2 heterocycles. The molecule has 2 aromatic carbocycles. The van der Waals surface area contributed by atoms with Gasteiger partial charge in [0.05, 0.1) is 13.1 Å². The first-order valence-corrected chi connectivity index (χ1v) is 10.4. The van der Waals surface area contributed by atoms with Crippen LogP contribution in [0.15, 0.2) is 56.8 Å². The zero-order chi connectivity index (χ0) is 22.4. The Hall–Kier alpha value is -2.74. The topological polar surface area (TPSA) is 70.9 Å². The summed E-state index contributed by atoms with van der Waals surface area (Å²) in [6.07, 6.45) is 0. The van der Waals surface area contributed by atoms with E-state index in [2.05, 4.69) is 0 Å². The van der Waals surface area contributed by atoms with E-state index in [0.29, 0.717) is 26.2 Å². The maximum Gasteiger partial charge on any atom is 0.332 e. The third kappa shape index (κ3) is 3.63. The second-order valence-corrected chi connectivity index (χ2v) is 8.41. The van der Waals surface area contributed by atoms with Gasteiger partial charge in [-0.15, -0.1) is 0 Å². The molecule has 0 N–H and O–H groups in total. The van der Waals surface area contributed by atoms with E-state index in [1.54, 1.807) is 42.5 Å². The van der Waals surface area contributed by atoms with Crippen molar-refractivity contribution in [3.63, 3.8) is 0 Å². The Kier molecular flexibility index (Phi) is 5.60. The van der Waals surface area contributed by atoms with E-state index in [-0.39, 0.29) is 24.3 Å². The number of hydrogen-bond acceptors (Lipinski definition) is 3. The van der Waals surface area contributed by atoms with Crippen LogP contribution >= 0.6 is 34.8 Å². The molecule has 0 aliphatic rings. The van der Waals surface area contributed by atoms with Crippen molar-refractivity contribution in [2.24, 2.45) is 14.1 Å². The standard InChI is InChI=1S/C21H17Cl3N4O3/c1-25-18-17(19(29)26(2)20(25)30)27(10-13-7-8-14(22)9-16(13)24)21(31)28(18)11-12-5-3-4-6-15(12)23/h3-9H,10-11H2,1-2H3. The lowest BCUT2D eigenvalue weighted by Crippen LogP contribution is -2.38. The smallest absolute Gasteiger partial charge is 0.281 e. The summed E-state index contributed by atoms with van der Waals surface area (Å²) in [5.74, 6) is 0. The minimum absolute atomic E-state index is 0.0360. The molecule has 31 heavy (non-hydrogen) atoms. The minimum atomic E-state index is -0.571. The van der Waals surface area contributed by atoms with Crippen LogP contribution in [-0.4, -0.2) is 18.3 Å². The fraction of sp³-hybridized carbons (Fsp3) is 0.190. The highest BCUT2D eigenvalue weighted by atomic mass is 35.5. The summed E-state index contributed by atoms with van der Waals surface area (Å²) in [5.41, 5.74) is 0.0455. The summed E-state index contributed by atoms with van der Waals surface area (Å²) in [6.45, 7) is 0.130. The number of rotatable bonds is 4. The Morgan fingerprint density at radius 3 is 2.06 bits per heavy atom. The van der Waals surface area contributed by atoms with E-state index in [4.69, 9.17) is 34.8 Å². The molecule has 10 heteroatoms. The van der Waals surface area contributed by atoms with Gasteiger partial charge in [-0.25, -0.2) is 9.59 Å². The number of fused-ring (bicyclic) bond motifs is 1. The summed E-state index contributed by atoms with van der Waals surface area (Å²) in [4.78, 5) is 39.1. The first-order chi connectivity index (χ1) is 14.7. The molecule has 160 valence electrons. The lowest BCUT2D eigenvalue weighted by Gasteiger charge is -2.09. The second kappa shape index (κ2) is 8.07. The van der Waals surface area contributed by atoms with Crippen molar-refractivity contribution in [2.45, 2.75) is 13.1 Å². The summed E-state index contributed by atoms with van der Waals surface area (Å²) in [7, 11) is 2.89. The molecule has 0 fully saturated rings. The molecule has 0 spiro atoms. The van der Waals surface area contributed by atoms with E-state index in [1.807, 2.05) is 0 Å². The normalized spacial score (nSPS) is 11.4. The van der Waals surface area contributed by atoms with Crippen molar-refractivity contribution in [1.82, 2.24) is 18.3 Å². The monoisotopic (exact) mass is 478 g/mol. The number of benzene rings is 2. The molecule has 0 saturated heterocycles. The van der Waals surface area contributed by atoms with Crippen LogP contribution in [-0.2, 0) is 27.2 Å². The third-order valence-corrected chi connectivity index (χ3v) is 6.18. The fourth-order valence-electron chi connectivity index (χ4n) is 3.60. The van der Waals surface area contributed by atoms with Crippen LogP contribution in [0.1, 0.15) is 11.1 Å². The number of nitrogens with zero attached hydrogens (tertiary/aromatic N) is 4. The van der Waals surface area contributed by atoms with E-state index in [0.717, 1.165) is 4.57 Å². The van der Waals surface area contributed by atoms with E-state index in [1.165, 1.54) is 27.8 Å². The molecule has 7 nitrogen and oxygen atoms in total. The summed E-state index contributed by atoms with van der Waals surface area (Å²) in [5, 5.41) is 1.30. The van der Waals surface area contributed by atoms with Gasteiger partial charge in [0.1, 0.15) is 0 Å². The molecular weight excluding hydrogens is 463 g/mol. The van der Waals surface area contributed by atoms with Crippen molar-refractivity contribution in [2.75, 3.05) is 0 Å². The average Bonchev–Trinajstić information content (AvgIpc) is 3.00. The first-order valence-electron chi connectivity index (χ1n) is 9.27. The zero-order valence-corrected chi connectivity index (χ0v) is 18.9. The van der Waals surface area contributed by atoms with Crippen molar-refractivity contribution < 1.29 is 0 Å². The second-order valence-electron chi connectivity index (χ2n) is 7.16. The SMILES string of the molecule is Cn1c(=O)c2c(n(C)c1=O)n(Cc1ccccc1Cl)c(=O)n2Cc1ccc(Cl)cc1Cl. The molecular formula is C21H17Cl3N4O3. The van der Waals surface area contributed by atoms with Gasteiger partial charge >= 0.3 is 11.4 Å². The highest BCUT2D eigenvalue weighted by Crippen LogP contribution is 2.23. The van der Waals surface area contributed by atoms with Crippen molar-refractivity contribution in [1.29, 1.82) is 0 Å². The molecule has 0 saturated carbocycles. The van der Waals surface area contributed by atoms with Gasteiger partial charge in [0.15, 0.2) is 11.2 Å². The first kappa shape index (κ1) is 21.5. The Balaban J connectivity index is 2.04. The Morgan fingerprint density at radius 1 is 0.742 bits per heavy atom. The van der Waals surface area contributed by atoms with Crippen LogP contribution in [0.4, 0.5) is 0 Å². The maximum absolute atomic E-state index is 13.5. The summed E-state index contributed by atoms with van der Waals surface area (Å²) >= 11 is 18.6. The van der Waals surface area contributed by atoms with E-state index < -0.39 is 16.9 Å². The molecule has 0 aliphatic heterocycles. The number of aromatic nitrogens is 4. The van der Waals surface area contributed by atoms with Crippen LogP contribution in [0.5, 0.6) is 0 Å². The number of hydrogen-bond donors (Lipinski definition) is 0. The number of aryl methyl sites for hydroxylation is 1. The van der Waals surface area contributed by atoms with Gasteiger partial charge < -0.3 is 0 Å². The van der Waals surface area contributed by atoms with Crippen molar-refractivity contribution in [3.05, 3.63) is 100.0 Å². The predicted molar refractivity (Wildman–Crippen MR) is 123 cm³/mol. The van der Waals surface area contributed by atoms with E-state index in [9.17, 15) is 14.4 Å². The Labute approximate surface area is 191 Å². The average molecular weight is 480 g/mol. The molecule has 4 rings (SSSR count). The van der Waals surface area contributed by atoms with Gasteiger partial charge in [-0.05, 0) is 29.3 Å². The molecule has 0 amide bonds. The van der Waals surface area contributed by atoms with Crippen molar-refractivity contribution in [3.8, 4) is 0 Å².